The molecule has 1 aromatic rings. The van der Waals surface area contributed by atoms with Crippen molar-refractivity contribution in [2.45, 2.75) is 6.18 Å². The lowest BCUT2D eigenvalue weighted by Gasteiger charge is -2.34. The number of likely N-dealkylation sites (N-methyl/N-ethyl adjacent to an activating group) is 1. The molecule has 0 N–H and O–H groups in total. The first-order valence-corrected chi connectivity index (χ1v) is 6.72. The fourth-order valence-corrected chi connectivity index (χ4v) is 2.18. The second-order valence-corrected chi connectivity index (χ2v) is 5.02. The summed E-state index contributed by atoms with van der Waals surface area (Å²) < 4.78 is 38.9. The molecule has 1 fully saturated rings. The molecule has 1 aliphatic rings. The third-order valence-electron chi connectivity index (χ3n) is 3.39. The number of rotatable bonds is 3. The van der Waals surface area contributed by atoms with Crippen molar-refractivity contribution in [3.8, 4) is 0 Å². The molecule has 1 aliphatic heterocycles. The summed E-state index contributed by atoms with van der Waals surface area (Å²) in [5, 5.41) is 0. The maximum absolute atomic E-state index is 13.0. The molecule has 114 valence electrons. The summed E-state index contributed by atoms with van der Waals surface area (Å²) >= 11 is 0. The number of nitrogens with zero attached hydrogens (tertiary/aromatic N) is 3. The Hall–Kier alpha value is -1.82. The van der Waals surface area contributed by atoms with Gasteiger partial charge in [-0.05, 0) is 25.3 Å². The van der Waals surface area contributed by atoms with Gasteiger partial charge in [0.15, 0.2) is 0 Å². The molecule has 1 saturated heterocycles. The molecule has 0 spiro atoms. The largest absolute Gasteiger partial charge is 0.433 e. The lowest BCUT2D eigenvalue weighted by molar-refractivity contribution is -0.141. The normalized spacial score (nSPS) is 17.4. The number of hydrogen-bond acceptors (Lipinski definition) is 3. The van der Waals surface area contributed by atoms with Gasteiger partial charge < -0.3 is 9.80 Å². The topological polar surface area (TPSA) is 19.4 Å². The first kappa shape index (κ1) is 15.6. The van der Waals surface area contributed by atoms with Gasteiger partial charge in [0.05, 0.1) is 5.69 Å². The highest BCUT2D eigenvalue weighted by Gasteiger charge is 2.33. The molecule has 0 atom stereocenters. The summed E-state index contributed by atoms with van der Waals surface area (Å²) in [7, 11) is 2.00. The molecular weight excluding hydrogens is 279 g/mol. The van der Waals surface area contributed by atoms with E-state index in [9.17, 15) is 13.2 Å². The van der Waals surface area contributed by atoms with Crippen molar-refractivity contribution in [1.29, 1.82) is 0 Å². The zero-order chi connectivity index (χ0) is 15.5. The van der Waals surface area contributed by atoms with E-state index in [1.54, 1.807) is 12.1 Å². The van der Waals surface area contributed by atoms with Gasteiger partial charge in [-0.2, -0.15) is 13.2 Å². The molecule has 2 heterocycles. The van der Waals surface area contributed by atoms with E-state index in [2.05, 4.69) is 16.5 Å². The molecule has 0 unspecified atom stereocenters. The van der Waals surface area contributed by atoms with E-state index in [0.29, 0.717) is 24.5 Å². The van der Waals surface area contributed by atoms with Gasteiger partial charge in [-0.15, -0.1) is 0 Å². The molecule has 0 saturated carbocycles. The standard InChI is InChI=1S/C15H18F3N3/c1-3-4-5-12-10-13(11-14(19-12)15(16,17)18)21-8-6-20(2)7-9-21/h3-5,10-11H,1,6-9H2,2H3/b5-4+. The average Bonchev–Trinajstić information content (AvgIpc) is 2.44. The quantitative estimate of drug-likeness (QED) is 0.799. The van der Waals surface area contributed by atoms with Gasteiger partial charge in [-0.1, -0.05) is 18.7 Å². The van der Waals surface area contributed by atoms with Crippen LogP contribution in [0.5, 0.6) is 0 Å². The zero-order valence-corrected chi connectivity index (χ0v) is 11.9. The Bertz CT molecular complexity index is 529. The number of piperazine rings is 1. The van der Waals surface area contributed by atoms with Gasteiger partial charge in [0.1, 0.15) is 5.69 Å². The van der Waals surface area contributed by atoms with E-state index in [1.807, 2.05) is 11.9 Å². The first-order valence-electron chi connectivity index (χ1n) is 6.72. The maximum atomic E-state index is 13.0. The zero-order valence-electron chi connectivity index (χ0n) is 11.9. The van der Waals surface area contributed by atoms with Crippen LogP contribution in [0.25, 0.3) is 6.08 Å². The molecule has 3 nitrogen and oxygen atoms in total. The summed E-state index contributed by atoms with van der Waals surface area (Å²) in [6, 6.07) is 2.80. The first-order chi connectivity index (χ1) is 9.90. The minimum Gasteiger partial charge on any atom is -0.369 e. The number of alkyl halides is 3. The van der Waals surface area contributed by atoms with Gasteiger partial charge >= 0.3 is 6.18 Å². The van der Waals surface area contributed by atoms with Crippen LogP contribution in [0.3, 0.4) is 0 Å². The predicted octanol–water partition coefficient (Wildman–Crippen LogP) is 3.05. The van der Waals surface area contributed by atoms with Crippen LogP contribution in [0, 0.1) is 0 Å². The van der Waals surface area contributed by atoms with Crippen molar-refractivity contribution in [3.05, 3.63) is 42.3 Å². The Kier molecular flexibility index (Phi) is 4.67. The second-order valence-electron chi connectivity index (χ2n) is 5.02. The van der Waals surface area contributed by atoms with E-state index < -0.39 is 11.9 Å². The summed E-state index contributed by atoms with van der Waals surface area (Å²) in [4.78, 5) is 7.77. The minimum absolute atomic E-state index is 0.290. The van der Waals surface area contributed by atoms with Crippen LogP contribution in [-0.4, -0.2) is 43.1 Å². The van der Waals surface area contributed by atoms with Crippen LogP contribution in [-0.2, 0) is 6.18 Å². The molecule has 1 aromatic heterocycles. The minimum atomic E-state index is -4.45. The van der Waals surface area contributed by atoms with E-state index in [1.165, 1.54) is 12.2 Å². The molecule has 0 aliphatic carbocycles. The smallest absolute Gasteiger partial charge is 0.369 e. The van der Waals surface area contributed by atoms with E-state index in [0.717, 1.165) is 19.2 Å². The number of aromatic nitrogens is 1. The number of anilines is 1. The highest BCUT2D eigenvalue weighted by molar-refractivity contribution is 5.57. The maximum Gasteiger partial charge on any atom is 0.433 e. The van der Waals surface area contributed by atoms with Gasteiger partial charge in [0.2, 0.25) is 0 Å². The SMILES string of the molecule is C=C/C=C/c1cc(N2CCN(C)CC2)cc(C(F)(F)F)n1. The third-order valence-corrected chi connectivity index (χ3v) is 3.39. The highest BCUT2D eigenvalue weighted by atomic mass is 19.4. The fraction of sp³-hybridized carbons (Fsp3) is 0.400. The van der Waals surface area contributed by atoms with Crippen LogP contribution in [0.2, 0.25) is 0 Å². The fourth-order valence-electron chi connectivity index (χ4n) is 2.18. The summed E-state index contributed by atoms with van der Waals surface area (Å²) in [5.74, 6) is 0. The second kappa shape index (κ2) is 6.30. The number of halogens is 3. The van der Waals surface area contributed by atoms with Gasteiger partial charge in [0, 0.05) is 31.9 Å². The molecule has 0 aromatic carbocycles. The molecule has 0 amide bonds. The summed E-state index contributed by atoms with van der Waals surface area (Å²) in [6.07, 6.45) is 0.175. The number of allylic oxidation sites excluding steroid dienone is 2. The number of hydrogen-bond donors (Lipinski definition) is 0. The van der Waals surface area contributed by atoms with Crippen molar-refractivity contribution < 1.29 is 13.2 Å². The van der Waals surface area contributed by atoms with Crippen LogP contribution in [0.4, 0.5) is 18.9 Å². The van der Waals surface area contributed by atoms with Crippen LogP contribution < -0.4 is 4.90 Å². The van der Waals surface area contributed by atoms with Gasteiger partial charge in [-0.3, -0.25) is 0 Å². The molecule has 21 heavy (non-hydrogen) atoms. The Labute approximate surface area is 122 Å². The Morgan fingerprint density at radius 1 is 1.19 bits per heavy atom. The van der Waals surface area contributed by atoms with Crippen molar-refractivity contribution in [2.75, 3.05) is 38.1 Å². The Morgan fingerprint density at radius 3 is 2.43 bits per heavy atom. The highest BCUT2D eigenvalue weighted by Crippen LogP contribution is 2.31. The van der Waals surface area contributed by atoms with Crippen LogP contribution in [0.1, 0.15) is 11.4 Å². The van der Waals surface area contributed by atoms with E-state index in [-0.39, 0.29) is 0 Å². The van der Waals surface area contributed by atoms with Crippen molar-refractivity contribution in [1.82, 2.24) is 9.88 Å². The Morgan fingerprint density at radius 2 is 1.86 bits per heavy atom. The van der Waals surface area contributed by atoms with Crippen molar-refractivity contribution >= 4 is 11.8 Å². The Balaban J connectivity index is 2.35. The summed E-state index contributed by atoms with van der Waals surface area (Å²) in [6.45, 7) is 6.61. The predicted molar refractivity (Wildman–Crippen MR) is 78.2 cm³/mol. The lowest BCUT2D eigenvalue weighted by atomic mass is 10.2. The molecule has 0 bridgehead atoms. The van der Waals surface area contributed by atoms with E-state index in [4.69, 9.17) is 0 Å². The molecule has 0 radical (unpaired) electrons. The molecule has 6 heteroatoms. The van der Waals surface area contributed by atoms with Crippen molar-refractivity contribution in [3.63, 3.8) is 0 Å². The molecular formula is C15H18F3N3. The monoisotopic (exact) mass is 297 g/mol. The van der Waals surface area contributed by atoms with Crippen LogP contribution in [0.15, 0.2) is 30.9 Å². The van der Waals surface area contributed by atoms with Crippen LogP contribution >= 0.6 is 0 Å². The van der Waals surface area contributed by atoms with Gasteiger partial charge in [-0.25, -0.2) is 4.98 Å². The summed E-state index contributed by atoms with van der Waals surface area (Å²) in [5.41, 5.74) is -0.00423. The number of pyridine rings is 1. The molecule has 2 rings (SSSR count). The van der Waals surface area contributed by atoms with Gasteiger partial charge in [0.25, 0.3) is 0 Å². The average molecular weight is 297 g/mol. The lowest BCUT2D eigenvalue weighted by Crippen LogP contribution is -2.44. The third kappa shape index (κ3) is 4.07. The van der Waals surface area contributed by atoms with E-state index >= 15 is 0 Å². The van der Waals surface area contributed by atoms with Crippen molar-refractivity contribution in [2.24, 2.45) is 0 Å².